The number of nitrogen functional groups attached to an aromatic ring is 1. The van der Waals surface area contributed by atoms with E-state index < -0.39 is 33.5 Å². The van der Waals surface area contributed by atoms with E-state index in [2.05, 4.69) is 14.8 Å². The minimum atomic E-state index is -3.72. The summed E-state index contributed by atoms with van der Waals surface area (Å²) in [4.78, 5) is 31.7. The second-order valence-corrected chi connectivity index (χ2v) is 10.8. The molecule has 1 unspecified atom stereocenters. The van der Waals surface area contributed by atoms with Crippen LogP contribution in [0.25, 0.3) is 16.8 Å². The Morgan fingerprint density at radius 2 is 2.00 bits per heavy atom. The third-order valence-corrected chi connectivity index (χ3v) is 6.88. The fourth-order valence-corrected chi connectivity index (χ4v) is 5.15. The molecule has 0 spiro atoms. The number of fused-ring (bicyclic) bond motifs is 1. The number of sulfonamides is 1. The number of nitrogens with two attached hydrogens (primary N) is 1. The van der Waals surface area contributed by atoms with Gasteiger partial charge in [-0.15, -0.1) is 0 Å². The molecule has 186 valence electrons. The Balaban J connectivity index is 1.72. The average molecular weight is 524 g/mol. The molecule has 0 bridgehead atoms. The number of amides is 1. The van der Waals surface area contributed by atoms with Gasteiger partial charge in [-0.05, 0) is 38.1 Å². The number of carbonyl (C=O) groups excluding carboxylic acids is 2. The first-order valence-corrected chi connectivity index (χ1v) is 12.7. The minimum absolute atomic E-state index is 0.0171. The van der Waals surface area contributed by atoms with Crippen LogP contribution in [-0.4, -0.2) is 71.2 Å². The first-order valence-electron chi connectivity index (χ1n) is 10.4. The molecule has 3 aromatic rings. The number of carbonyl (C=O) groups is 2. The third-order valence-electron chi connectivity index (χ3n) is 5.92. The van der Waals surface area contributed by atoms with Crippen molar-refractivity contribution in [3.63, 3.8) is 0 Å². The van der Waals surface area contributed by atoms with Gasteiger partial charge in [-0.3, -0.25) is 9.69 Å². The fraction of sp³-hybridized carbons (Fsp3) is 0.333. The maximum absolute atomic E-state index is 15.0. The summed E-state index contributed by atoms with van der Waals surface area (Å²) in [6.07, 6.45) is 1.36. The summed E-state index contributed by atoms with van der Waals surface area (Å²) in [5, 5.41) is 4.49. The predicted molar refractivity (Wildman–Crippen MR) is 129 cm³/mol. The van der Waals surface area contributed by atoms with Gasteiger partial charge < -0.3 is 15.4 Å². The Hall–Kier alpha value is -3.13. The summed E-state index contributed by atoms with van der Waals surface area (Å²) in [5.74, 6) is -0.959. The number of aromatic nitrogens is 3. The third kappa shape index (κ3) is 4.47. The van der Waals surface area contributed by atoms with Gasteiger partial charge in [0.25, 0.3) is 0 Å². The number of aldehydes is 1. The van der Waals surface area contributed by atoms with Gasteiger partial charge in [0.2, 0.25) is 15.9 Å². The number of piperazine rings is 1. The topological polar surface area (TPSA) is 143 Å². The van der Waals surface area contributed by atoms with E-state index in [0.29, 0.717) is 28.1 Å². The lowest BCUT2D eigenvalue weighted by Gasteiger charge is -2.47. The van der Waals surface area contributed by atoms with E-state index >= 15 is 0 Å². The highest BCUT2D eigenvalue weighted by Crippen LogP contribution is 2.35. The quantitative estimate of drug-likeness (QED) is 0.460. The Morgan fingerprint density at radius 1 is 1.29 bits per heavy atom. The van der Waals surface area contributed by atoms with Crippen molar-refractivity contribution in [1.82, 2.24) is 24.2 Å². The molecule has 4 rings (SSSR count). The number of halogens is 2. The number of nitrogens with one attached hydrogen (secondary N) is 1. The number of anilines is 2. The van der Waals surface area contributed by atoms with Gasteiger partial charge in [0.15, 0.2) is 12.1 Å². The molecule has 14 heteroatoms. The highest BCUT2D eigenvalue weighted by Gasteiger charge is 2.46. The molecule has 3 N–H and O–H groups in total. The lowest BCUT2D eigenvalue weighted by molar-refractivity contribution is -0.135. The summed E-state index contributed by atoms with van der Waals surface area (Å²) in [5.41, 5.74) is 6.06. The zero-order chi connectivity index (χ0) is 25.7. The number of hydrogen-bond acceptors (Lipinski definition) is 8. The normalized spacial score (nSPS) is 17.6. The fourth-order valence-electron chi connectivity index (χ4n) is 4.25. The van der Waals surface area contributed by atoms with E-state index in [9.17, 15) is 22.4 Å². The van der Waals surface area contributed by atoms with Gasteiger partial charge in [0.05, 0.1) is 28.2 Å². The second kappa shape index (κ2) is 8.82. The molecule has 1 saturated heterocycles. The molecule has 1 aromatic carbocycles. The van der Waals surface area contributed by atoms with E-state index in [-0.39, 0.29) is 24.6 Å². The van der Waals surface area contributed by atoms with Gasteiger partial charge in [0.1, 0.15) is 23.8 Å². The summed E-state index contributed by atoms with van der Waals surface area (Å²) >= 11 is 6.32. The predicted octanol–water partition coefficient (Wildman–Crippen LogP) is 1.27. The van der Waals surface area contributed by atoms with Crippen LogP contribution in [-0.2, 0) is 19.6 Å². The molecule has 0 radical (unpaired) electrons. The minimum Gasteiger partial charge on any atom is -0.382 e. The first-order chi connectivity index (χ1) is 16.3. The zero-order valence-electron chi connectivity index (χ0n) is 19.1. The van der Waals surface area contributed by atoms with Crippen LogP contribution in [0, 0.1) is 5.82 Å². The van der Waals surface area contributed by atoms with Crippen molar-refractivity contribution < 1.29 is 22.4 Å². The van der Waals surface area contributed by atoms with Crippen LogP contribution in [0.15, 0.2) is 30.6 Å². The van der Waals surface area contributed by atoms with Crippen molar-refractivity contribution in [2.24, 2.45) is 0 Å². The molecular weight excluding hydrogens is 501 g/mol. The van der Waals surface area contributed by atoms with Crippen LogP contribution >= 0.6 is 11.6 Å². The smallest absolute Gasteiger partial charge is 0.247 e. The maximum Gasteiger partial charge on any atom is 0.247 e. The Bertz CT molecular complexity index is 1440. The Morgan fingerprint density at radius 3 is 2.66 bits per heavy atom. The zero-order valence-corrected chi connectivity index (χ0v) is 20.6. The molecule has 0 aliphatic carbocycles. The number of rotatable bonds is 6. The van der Waals surface area contributed by atoms with Crippen molar-refractivity contribution in [2.45, 2.75) is 25.6 Å². The van der Waals surface area contributed by atoms with Crippen molar-refractivity contribution in [3.05, 3.63) is 41.4 Å². The van der Waals surface area contributed by atoms with Gasteiger partial charge in [-0.1, -0.05) is 11.6 Å². The highest BCUT2D eigenvalue weighted by molar-refractivity contribution is 7.88. The summed E-state index contributed by atoms with van der Waals surface area (Å²) in [6.45, 7) is 3.22. The molecule has 1 aliphatic heterocycles. The van der Waals surface area contributed by atoms with Crippen molar-refractivity contribution >= 4 is 50.8 Å². The average Bonchev–Trinajstić information content (AvgIpc) is 3.12. The molecule has 11 nitrogen and oxygen atoms in total. The molecule has 0 saturated carbocycles. The summed E-state index contributed by atoms with van der Waals surface area (Å²) < 4.78 is 42.1. The molecular formula is C21H23ClFN7O4S. The van der Waals surface area contributed by atoms with Gasteiger partial charge in [0, 0.05) is 18.7 Å². The molecule has 2 aromatic heterocycles. The van der Waals surface area contributed by atoms with Crippen LogP contribution in [0.1, 0.15) is 13.8 Å². The van der Waals surface area contributed by atoms with Crippen LogP contribution in [0.3, 0.4) is 0 Å². The Labute approximate surface area is 205 Å². The number of benzene rings is 1. The molecule has 35 heavy (non-hydrogen) atoms. The van der Waals surface area contributed by atoms with E-state index in [1.165, 1.54) is 38.8 Å². The number of hydrogen-bond donors (Lipinski definition) is 2. The van der Waals surface area contributed by atoms with Crippen molar-refractivity contribution in [1.29, 1.82) is 0 Å². The summed E-state index contributed by atoms with van der Waals surface area (Å²) in [6, 6.07) is 5.88. The van der Waals surface area contributed by atoms with Crippen molar-refractivity contribution in [2.75, 3.05) is 30.0 Å². The number of nitrogens with zero attached hydrogens (tertiary/aromatic N) is 5. The Kier molecular flexibility index (Phi) is 6.30. The van der Waals surface area contributed by atoms with E-state index in [0.717, 1.165) is 6.26 Å². The molecule has 1 atom stereocenters. The van der Waals surface area contributed by atoms with Crippen LogP contribution < -0.4 is 15.4 Å². The highest BCUT2D eigenvalue weighted by atomic mass is 35.5. The van der Waals surface area contributed by atoms with E-state index in [4.69, 9.17) is 17.3 Å². The second-order valence-electron chi connectivity index (χ2n) is 8.63. The monoisotopic (exact) mass is 523 g/mol. The SMILES string of the molecule is CC1(C)C(=O)N(c2cc(-c3cc(Cl)c4c(N)ncnn34)ccc2F)CCN1C(C=O)NS(C)(=O)=O. The van der Waals surface area contributed by atoms with Crippen LogP contribution in [0.2, 0.25) is 5.02 Å². The lowest BCUT2D eigenvalue weighted by Crippen LogP contribution is -2.68. The van der Waals surface area contributed by atoms with Crippen LogP contribution in [0.5, 0.6) is 0 Å². The first kappa shape index (κ1) is 25.0. The molecule has 3 heterocycles. The molecule has 1 aliphatic rings. The van der Waals surface area contributed by atoms with Crippen LogP contribution in [0.4, 0.5) is 15.9 Å². The van der Waals surface area contributed by atoms with Gasteiger partial charge >= 0.3 is 0 Å². The standard InChI is InChI=1S/C21H23ClFN7O4S/c1-21(2)20(32)28(6-7-29(21)17(10-31)27-35(3,33)34)16-8-12(4-5-14(16)23)15-9-13(22)18-19(24)25-11-26-30(15)18/h4-5,8-11,17,27H,6-7H2,1-3H3,(H2,24,25,26). The van der Waals surface area contributed by atoms with E-state index in [1.54, 1.807) is 19.9 Å². The van der Waals surface area contributed by atoms with Gasteiger partial charge in [-0.25, -0.2) is 22.3 Å². The lowest BCUT2D eigenvalue weighted by atomic mass is 9.96. The largest absolute Gasteiger partial charge is 0.382 e. The van der Waals surface area contributed by atoms with E-state index in [1.807, 2.05) is 0 Å². The summed E-state index contributed by atoms with van der Waals surface area (Å²) in [7, 11) is -3.72. The van der Waals surface area contributed by atoms with Crippen molar-refractivity contribution in [3.8, 4) is 11.3 Å². The van der Waals surface area contributed by atoms with Gasteiger partial charge in [-0.2, -0.15) is 9.82 Å². The molecule has 1 amide bonds. The molecule has 1 fully saturated rings. The maximum atomic E-state index is 15.0.